The van der Waals surface area contributed by atoms with Crippen LogP contribution in [0.25, 0.3) is 10.8 Å². The average Bonchev–Trinajstić information content (AvgIpc) is 2.38. The molecule has 1 atom stereocenters. The minimum atomic E-state index is -1.49. The number of rotatable bonds is 3. The highest BCUT2D eigenvalue weighted by Gasteiger charge is 2.34. The molecular formula is C13H11NO4. The van der Waals surface area contributed by atoms with Crippen LogP contribution in [0.5, 0.6) is 0 Å². The van der Waals surface area contributed by atoms with Crippen molar-refractivity contribution in [2.75, 3.05) is 7.11 Å². The first-order valence-corrected chi connectivity index (χ1v) is 5.34. The summed E-state index contributed by atoms with van der Waals surface area (Å²) < 4.78 is 4.50. The molecule has 1 unspecified atom stereocenters. The predicted molar refractivity (Wildman–Crippen MR) is 65.7 cm³/mol. The Kier molecular flexibility index (Phi) is 3.23. The van der Waals surface area contributed by atoms with Crippen molar-refractivity contribution in [3.8, 4) is 0 Å². The van der Waals surface area contributed by atoms with Crippen molar-refractivity contribution in [2.24, 2.45) is 0 Å². The summed E-state index contributed by atoms with van der Waals surface area (Å²) in [6.45, 7) is 0. The van der Waals surface area contributed by atoms with Gasteiger partial charge in [0.2, 0.25) is 0 Å². The van der Waals surface area contributed by atoms with E-state index in [9.17, 15) is 14.9 Å². The normalized spacial score (nSPS) is 12.1. The molecule has 0 heterocycles. The first-order chi connectivity index (χ1) is 8.65. The van der Waals surface area contributed by atoms with Gasteiger partial charge in [-0.25, -0.2) is 4.79 Å². The second-order valence-electron chi connectivity index (χ2n) is 3.78. The number of carbonyl (C=O) groups is 1. The number of hydrogen-bond donors (Lipinski definition) is 0. The standard InChI is InChI=1S/C13H11NO4/c1-18-13(15)12(14(16)17)11-8-4-6-9-5-2-3-7-10(9)11/h2-8,12H,1H3. The molecule has 0 saturated heterocycles. The second-order valence-corrected chi connectivity index (χ2v) is 3.78. The molecule has 92 valence electrons. The fourth-order valence-corrected chi connectivity index (χ4v) is 1.93. The Balaban J connectivity index is 2.64. The summed E-state index contributed by atoms with van der Waals surface area (Å²) in [6.07, 6.45) is 0. The van der Waals surface area contributed by atoms with E-state index in [1.165, 1.54) is 0 Å². The monoisotopic (exact) mass is 245 g/mol. The number of hydrogen-bond acceptors (Lipinski definition) is 4. The Bertz CT molecular complexity index is 603. The summed E-state index contributed by atoms with van der Waals surface area (Å²) in [4.78, 5) is 22.0. The Labute approximate surface area is 103 Å². The quantitative estimate of drug-likeness (QED) is 0.472. The molecule has 0 radical (unpaired) electrons. The number of esters is 1. The Hall–Kier alpha value is -2.43. The minimum Gasteiger partial charge on any atom is -0.464 e. The van der Waals surface area contributed by atoms with Crippen molar-refractivity contribution < 1.29 is 14.5 Å². The lowest BCUT2D eigenvalue weighted by atomic mass is 9.99. The van der Waals surface area contributed by atoms with Gasteiger partial charge in [0.05, 0.1) is 7.11 Å². The summed E-state index contributed by atoms with van der Waals surface area (Å²) in [5.41, 5.74) is 0.352. The molecule has 18 heavy (non-hydrogen) atoms. The number of fused-ring (bicyclic) bond motifs is 1. The van der Waals surface area contributed by atoms with Crippen LogP contribution in [0.15, 0.2) is 42.5 Å². The van der Waals surface area contributed by atoms with E-state index in [1.54, 1.807) is 24.3 Å². The van der Waals surface area contributed by atoms with Crippen LogP contribution in [0.4, 0.5) is 0 Å². The van der Waals surface area contributed by atoms with E-state index in [4.69, 9.17) is 0 Å². The molecule has 5 nitrogen and oxygen atoms in total. The largest absolute Gasteiger partial charge is 0.464 e. The van der Waals surface area contributed by atoms with Crippen molar-refractivity contribution in [3.63, 3.8) is 0 Å². The summed E-state index contributed by atoms with van der Waals surface area (Å²) in [6, 6.07) is 10.8. The molecule has 0 saturated carbocycles. The van der Waals surface area contributed by atoms with E-state index >= 15 is 0 Å². The van der Waals surface area contributed by atoms with Crippen molar-refractivity contribution in [1.29, 1.82) is 0 Å². The lowest BCUT2D eigenvalue weighted by molar-refractivity contribution is -0.516. The van der Waals surface area contributed by atoms with Crippen LogP contribution in [0.1, 0.15) is 11.6 Å². The number of benzene rings is 2. The topological polar surface area (TPSA) is 69.4 Å². The summed E-state index contributed by atoms with van der Waals surface area (Å²) in [5.74, 6) is -0.864. The van der Waals surface area contributed by atoms with Crippen LogP contribution in [-0.2, 0) is 9.53 Å². The van der Waals surface area contributed by atoms with Gasteiger partial charge in [-0.1, -0.05) is 42.5 Å². The van der Waals surface area contributed by atoms with Crippen molar-refractivity contribution >= 4 is 16.7 Å². The van der Waals surface area contributed by atoms with Gasteiger partial charge in [-0.3, -0.25) is 10.1 Å². The lowest BCUT2D eigenvalue weighted by Gasteiger charge is -2.10. The SMILES string of the molecule is COC(=O)C(c1cccc2ccccc12)[N+](=O)[O-]. The Morgan fingerprint density at radius 3 is 2.56 bits per heavy atom. The van der Waals surface area contributed by atoms with E-state index < -0.39 is 16.9 Å². The molecule has 0 aliphatic carbocycles. The van der Waals surface area contributed by atoms with E-state index in [2.05, 4.69) is 4.74 Å². The van der Waals surface area contributed by atoms with Crippen LogP contribution in [0.2, 0.25) is 0 Å². The first-order valence-electron chi connectivity index (χ1n) is 5.34. The zero-order chi connectivity index (χ0) is 13.1. The molecule has 0 N–H and O–H groups in total. The van der Waals surface area contributed by atoms with Gasteiger partial charge in [0.15, 0.2) is 0 Å². The zero-order valence-corrected chi connectivity index (χ0v) is 9.70. The molecule has 5 heteroatoms. The fraction of sp³-hybridized carbons (Fsp3) is 0.154. The van der Waals surface area contributed by atoms with Crippen LogP contribution in [0.3, 0.4) is 0 Å². The maximum atomic E-state index is 11.5. The van der Waals surface area contributed by atoms with Gasteiger partial charge in [-0.05, 0) is 10.8 Å². The minimum absolute atomic E-state index is 0.352. The first kappa shape index (κ1) is 12.0. The predicted octanol–water partition coefficient (Wildman–Crippen LogP) is 2.33. The molecule has 0 aliphatic heterocycles. The van der Waals surface area contributed by atoms with Crippen molar-refractivity contribution in [2.45, 2.75) is 6.04 Å². The molecule has 0 fully saturated rings. The van der Waals surface area contributed by atoms with Crippen LogP contribution in [-0.4, -0.2) is 18.0 Å². The smallest absolute Gasteiger partial charge is 0.386 e. The van der Waals surface area contributed by atoms with E-state index in [1.807, 2.05) is 18.2 Å². The third kappa shape index (κ3) is 2.02. The molecule has 0 amide bonds. The molecule has 2 aromatic carbocycles. The maximum absolute atomic E-state index is 11.5. The molecule has 2 rings (SSSR count). The molecule has 0 aromatic heterocycles. The van der Waals surface area contributed by atoms with Gasteiger partial charge in [0.1, 0.15) is 0 Å². The molecular weight excluding hydrogens is 234 g/mol. The van der Waals surface area contributed by atoms with Gasteiger partial charge >= 0.3 is 12.0 Å². The highest BCUT2D eigenvalue weighted by Crippen LogP contribution is 2.26. The Morgan fingerprint density at radius 2 is 1.89 bits per heavy atom. The third-order valence-corrected chi connectivity index (χ3v) is 2.75. The van der Waals surface area contributed by atoms with E-state index in [0.29, 0.717) is 10.9 Å². The van der Waals surface area contributed by atoms with Crippen molar-refractivity contribution in [1.82, 2.24) is 0 Å². The summed E-state index contributed by atoms with van der Waals surface area (Å²) >= 11 is 0. The Morgan fingerprint density at radius 1 is 1.22 bits per heavy atom. The molecule has 0 bridgehead atoms. The third-order valence-electron chi connectivity index (χ3n) is 2.75. The van der Waals surface area contributed by atoms with Gasteiger partial charge in [-0.15, -0.1) is 0 Å². The molecule has 0 aliphatic rings. The number of ether oxygens (including phenoxy) is 1. The highest BCUT2D eigenvalue weighted by atomic mass is 16.6. The average molecular weight is 245 g/mol. The number of carbonyl (C=O) groups excluding carboxylic acids is 1. The van der Waals surface area contributed by atoms with Crippen LogP contribution < -0.4 is 0 Å². The number of nitrogens with zero attached hydrogens (tertiary/aromatic N) is 1. The number of methoxy groups -OCH3 is 1. The van der Waals surface area contributed by atoms with Gasteiger partial charge in [0, 0.05) is 10.5 Å². The van der Waals surface area contributed by atoms with Gasteiger partial charge in [-0.2, -0.15) is 0 Å². The summed E-state index contributed by atoms with van der Waals surface area (Å²) in [5, 5.41) is 12.6. The van der Waals surface area contributed by atoms with Gasteiger partial charge in [0.25, 0.3) is 0 Å². The second kappa shape index (κ2) is 4.83. The van der Waals surface area contributed by atoms with Crippen molar-refractivity contribution in [3.05, 3.63) is 58.1 Å². The van der Waals surface area contributed by atoms with E-state index in [0.717, 1.165) is 12.5 Å². The maximum Gasteiger partial charge on any atom is 0.386 e. The van der Waals surface area contributed by atoms with Gasteiger partial charge < -0.3 is 4.74 Å². The van der Waals surface area contributed by atoms with E-state index in [-0.39, 0.29) is 0 Å². The molecule has 0 spiro atoms. The fourth-order valence-electron chi connectivity index (χ4n) is 1.93. The summed E-state index contributed by atoms with van der Waals surface area (Å²) in [7, 11) is 1.14. The lowest BCUT2D eigenvalue weighted by Crippen LogP contribution is -2.22. The molecule has 2 aromatic rings. The number of nitro groups is 1. The van der Waals surface area contributed by atoms with Crippen LogP contribution >= 0.6 is 0 Å². The highest BCUT2D eigenvalue weighted by molar-refractivity contribution is 5.90. The van der Waals surface area contributed by atoms with Crippen LogP contribution in [0, 0.1) is 10.1 Å². The zero-order valence-electron chi connectivity index (χ0n) is 9.70.